The van der Waals surface area contributed by atoms with Gasteiger partial charge in [0.1, 0.15) is 0 Å². The number of fused-ring (bicyclic) bond motifs is 1. The maximum Gasteiger partial charge on any atom is 0.336 e. The summed E-state index contributed by atoms with van der Waals surface area (Å²) in [4.78, 5) is 10.6. The maximum atomic E-state index is 10.6. The molecular weight excluding hydrogens is 166 g/mol. The number of carboxylic acid groups (broad SMARTS) is 1. The molecule has 13 heavy (non-hydrogen) atoms. The summed E-state index contributed by atoms with van der Waals surface area (Å²) < 4.78 is 0. The van der Waals surface area contributed by atoms with Crippen LogP contribution in [0.5, 0.6) is 0 Å². The SMILES string of the molecule is O=C(O)[C]1C=Cc2ccccc2N1. The van der Waals surface area contributed by atoms with Crippen LogP contribution < -0.4 is 5.32 Å². The molecule has 1 aromatic rings. The van der Waals surface area contributed by atoms with Crippen molar-refractivity contribution >= 4 is 17.7 Å². The number of benzene rings is 1. The van der Waals surface area contributed by atoms with Crippen molar-refractivity contribution in [2.45, 2.75) is 0 Å². The highest BCUT2D eigenvalue weighted by Crippen LogP contribution is 2.25. The second-order valence-corrected chi connectivity index (χ2v) is 2.76. The zero-order valence-corrected chi connectivity index (χ0v) is 6.82. The number of aliphatic carboxylic acids is 1. The lowest BCUT2D eigenvalue weighted by molar-refractivity contribution is -0.134. The van der Waals surface area contributed by atoms with Gasteiger partial charge in [0, 0.05) is 5.69 Å². The molecule has 0 saturated heterocycles. The van der Waals surface area contributed by atoms with E-state index < -0.39 is 5.97 Å². The average Bonchev–Trinajstić information content (AvgIpc) is 2.17. The van der Waals surface area contributed by atoms with Crippen molar-refractivity contribution in [1.82, 2.24) is 0 Å². The van der Waals surface area contributed by atoms with Gasteiger partial charge in [0.2, 0.25) is 0 Å². The van der Waals surface area contributed by atoms with Crippen molar-refractivity contribution in [3.8, 4) is 0 Å². The molecule has 1 aliphatic heterocycles. The smallest absolute Gasteiger partial charge is 0.336 e. The number of anilines is 1. The van der Waals surface area contributed by atoms with Crippen LogP contribution >= 0.6 is 0 Å². The lowest BCUT2D eigenvalue weighted by atomic mass is 10.1. The van der Waals surface area contributed by atoms with Gasteiger partial charge in [-0.05, 0) is 17.7 Å². The Hall–Kier alpha value is -1.77. The van der Waals surface area contributed by atoms with Gasteiger partial charge in [-0.3, -0.25) is 0 Å². The normalized spacial score (nSPS) is 14.8. The minimum atomic E-state index is -0.939. The van der Waals surface area contributed by atoms with Crippen LogP contribution in [0.1, 0.15) is 5.56 Å². The third kappa shape index (κ3) is 1.40. The van der Waals surface area contributed by atoms with Crippen LogP contribution in [-0.4, -0.2) is 11.1 Å². The quantitative estimate of drug-likeness (QED) is 0.681. The van der Waals surface area contributed by atoms with Gasteiger partial charge in [0.25, 0.3) is 0 Å². The van der Waals surface area contributed by atoms with Gasteiger partial charge in [-0.15, -0.1) is 0 Å². The third-order valence-electron chi connectivity index (χ3n) is 1.89. The summed E-state index contributed by atoms with van der Waals surface area (Å²) >= 11 is 0. The number of rotatable bonds is 1. The average molecular weight is 174 g/mol. The zero-order chi connectivity index (χ0) is 9.26. The predicted molar refractivity (Wildman–Crippen MR) is 50.0 cm³/mol. The molecule has 0 unspecified atom stereocenters. The minimum absolute atomic E-state index is 0.207. The predicted octanol–water partition coefficient (Wildman–Crippen LogP) is 1.74. The highest BCUT2D eigenvalue weighted by atomic mass is 16.4. The standard InChI is InChI=1S/C10H8NO2/c12-10(13)9-6-5-7-3-1-2-4-8(7)11-9/h1-6,11H,(H,12,13). The second-order valence-electron chi connectivity index (χ2n) is 2.76. The fourth-order valence-electron chi connectivity index (χ4n) is 1.24. The van der Waals surface area contributed by atoms with Crippen molar-refractivity contribution in [1.29, 1.82) is 0 Å². The van der Waals surface area contributed by atoms with Gasteiger partial charge in [-0.25, -0.2) is 4.79 Å². The molecule has 3 heteroatoms. The summed E-state index contributed by atoms with van der Waals surface area (Å²) in [5.74, 6) is -0.939. The molecule has 0 atom stereocenters. The summed E-state index contributed by atoms with van der Waals surface area (Å²) in [6, 6.07) is 7.76. The van der Waals surface area contributed by atoms with Gasteiger partial charge in [0.05, 0.1) is 0 Å². The van der Waals surface area contributed by atoms with Crippen molar-refractivity contribution in [2.24, 2.45) is 0 Å². The molecule has 3 nitrogen and oxygen atoms in total. The lowest BCUT2D eigenvalue weighted by Crippen LogP contribution is -2.20. The molecule has 1 aromatic carbocycles. The molecule has 65 valence electrons. The van der Waals surface area contributed by atoms with Crippen LogP contribution in [-0.2, 0) is 4.79 Å². The van der Waals surface area contributed by atoms with Crippen LogP contribution in [0.2, 0.25) is 0 Å². The summed E-state index contributed by atoms with van der Waals surface area (Å²) in [6.07, 6.45) is 3.35. The van der Waals surface area contributed by atoms with E-state index >= 15 is 0 Å². The Bertz CT molecular complexity index is 371. The first kappa shape index (κ1) is 7.86. The minimum Gasteiger partial charge on any atom is -0.479 e. The van der Waals surface area contributed by atoms with Crippen LogP contribution in [0.25, 0.3) is 6.08 Å². The molecule has 0 aromatic heterocycles. The Morgan fingerprint density at radius 1 is 1.23 bits per heavy atom. The first-order valence-electron chi connectivity index (χ1n) is 3.92. The van der Waals surface area contributed by atoms with Crippen molar-refractivity contribution in [3.63, 3.8) is 0 Å². The number of carbonyl (C=O) groups is 1. The van der Waals surface area contributed by atoms with Crippen molar-refractivity contribution < 1.29 is 9.90 Å². The van der Waals surface area contributed by atoms with Gasteiger partial charge in [-0.2, -0.15) is 0 Å². The van der Waals surface area contributed by atoms with Gasteiger partial charge in [-0.1, -0.05) is 24.3 Å². The van der Waals surface area contributed by atoms with E-state index in [1.54, 1.807) is 12.2 Å². The molecule has 0 aliphatic carbocycles. The Morgan fingerprint density at radius 3 is 2.77 bits per heavy atom. The Kier molecular flexibility index (Phi) is 1.77. The first-order chi connectivity index (χ1) is 6.27. The zero-order valence-electron chi connectivity index (χ0n) is 6.82. The van der Waals surface area contributed by atoms with E-state index in [1.807, 2.05) is 24.3 Å². The highest BCUT2D eigenvalue weighted by Gasteiger charge is 2.19. The summed E-state index contributed by atoms with van der Waals surface area (Å²) in [6.45, 7) is 0. The highest BCUT2D eigenvalue weighted by molar-refractivity contribution is 5.93. The molecule has 0 spiro atoms. The molecule has 1 aliphatic rings. The summed E-state index contributed by atoms with van der Waals surface area (Å²) in [5, 5.41) is 11.5. The van der Waals surface area contributed by atoms with E-state index in [2.05, 4.69) is 5.32 Å². The fourth-order valence-corrected chi connectivity index (χ4v) is 1.24. The molecule has 0 fully saturated rings. The van der Waals surface area contributed by atoms with E-state index in [1.165, 1.54) is 0 Å². The van der Waals surface area contributed by atoms with Crippen LogP contribution in [0.15, 0.2) is 30.3 Å². The number of hydrogen-bond donors (Lipinski definition) is 2. The number of nitrogens with one attached hydrogen (secondary N) is 1. The number of hydrogen-bond acceptors (Lipinski definition) is 2. The lowest BCUT2D eigenvalue weighted by Gasteiger charge is -2.17. The van der Waals surface area contributed by atoms with E-state index in [0.29, 0.717) is 0 Å². The molecule has 1 heterocycles. The molecule has 0 amide bonds. The molecule has 1 radical (unpaired) electrons. The van der Waals surface area contributed by atoms with E-state index in [9.17, 15) is 4.79 Å². The number of para-hydroxylation sites is 1. The largest absolute Gasteiger partial charge is 0.479 e. The van der Waals surface area contributed by atoms with Gasteiger partial charge < -0.3 is 10.4 Å². The van der Waals surface area contributed by atoms with Crippen LogP contribution in [0, 0.1) is 6.04 Å². The molecule has 0 saturated carbocycles. The van der Waals surface area contributed by atoms with E-state index in [0.717, 1.165) is 11.3 Å². The van der Waals surface area contributed by atoms with Crippen molar-refractivity contribution in [2.75, 3.05) is 5.32 Å². The van der Waals surface area contributed by atoms with Crippen LogP contribution in [0.4, 0.5) is 5.69 Å². The molecule has 0 bridgehead atoms. The van der Waals surface area contributed by atoms with E-state index in [-0.39, 0.29) is 6.04 Å². The molecule has 2 N–H and O–H groups in total. The third-order valence-corrected chi connectivity index (χ3v) is 1.89. The maximum absolute atomic E-state index is 10.6. The Balaban J connectivity index is 2.34. The Labute approximate surface area is 75.7 Å². The first-order valence-corrected chi connectivity index (χ1v) is 3.92. The Morgan fingerprint density at radius 2 is 2.00 bits per heavy atom. The topological polar surface area (TPSA) is 49.3 Å². The monoisotopic (exact) mass is 174 g/mol. The molecular formula is C10H8NO2. The van der Waals surface area contributed by atoms with Gasteiger partial charge >= 0.3 is 5.97 Å². The van der Waals surface area contributed by atoms with E-state index in [4.69, 9.17) is 5.11 Å². The van der Waals surface area contributed by atoms with Gasteiger partial charge in [0.15, 0.2) is 6.04 Å². The fraction of sp³-hybridized carbons (Fsp3) is 0. The van der Waals surface area contributed by atoms with Crippen molar-refractivity contribution in [3.05, 3.63) is 41.9 Å². The van der Waals surface area contributed by atoms with Crippen LogP contribution in [0.3, 0.4) is 0 Å². The summed E-state index contributed by atoms with van der Waals surface area (Å²) in [7, 11) is 0. The summed E-state index contributed by atoms with van der Waals surface area (Å²) in [5.41, 5.74) is 1.84. The molecule has 2 rings (SSSR count). The number of carboxylic acids is 1. The second kappa shape index (κ2) is 2.94.